The van der Waals surface area contributed by atoms with Gasteiger partial charge in [0.2, 0.25) is 0 Å². The van der Waals surface area contributed by atoms with Crippen LogP contribution in [-0.2, 0) is 13.0 Å². The lowest BCUT2D eigenvalue weighted by molar-refractivity contribution is 0.1000. The van der Waals surface area contributed by atoms with Gasteiger partial charge in [0.15, 0.2) is 0 Å². The third-order valence-electron chi connectivity index (χ3n) is 4.61. The number of benzene rings is 1. The number of carbonyl (C=O) groups excluding carboxylic acids is 2. The first-order chi connectivity index (χ1) is 12.9. The number of carbonyl (C=O) groups is 2. The summed E-state index contributed by atoms with van der Waals surface area (Å²) in [6, 6.07) is 8.44. The number of hydrogen-bond donors (Lipinski definition) is 2. The number of halogens is 1. The van der Waals surface area contributed by atoms with E-state index >= 15 is 0 Å². The molecule has 1 aliphatic heterocycles. The van der Waals surface area contributed by atoms with Crippen LogP contribution in [0.3, 0.4) is 0 Å². The average molecular weight is 420 g/mol. The third kappa shape index (κ3) is 3.54. The number of nitrogens with zero attached hydrogens (tertiary/aromatic N) is 1. The van der Waals surface area contributed by atoms with Crippen LogP contribution in [0.25, 0.3) is 11.0 Å². The van der Waals surface area contributed by atoms with E-state index in [1.165, 1.54) is 17.4 Å². The van der Waals surface area contributed by atoms with Crippen molar-refractivity contribution in [2.45, 2.75) is 13.0 Å². The Morgan fingerprint density at radius 3 is 2.79 bits per heavy atom. The van der Waals surface area contributed by atoms with Gasteiger partial charge in [-0.15, -0.1) is 23.7 Å². The van der Waals surface area contributed by atoms with Crippen LogP contribution in [0.2, 0.25) is 0 Å². The standard InChI is InChI=1S/C19H17N3O4S.ClH/c1-22-7-6-11-14(9-22)27-18(15(11)16(20)23)21-17(24)12-8-10-4-2-3-5-13(10)26-19(12)25;/h2-5,8H,6-7,9H2,1H3,(H2,20,23)(H,21,24);1H. The molecule has 7 nitrogen and oxygen atoms in total. The molecular weight excluding hydrogens is 402 g/mol. The van der Waals surface area contributed by atoms with Crippen LogP contribution >= 0.6 is 23.7 Å². The zero-order valence-electron chi connectivity index (χ0n) is 15.0. The average Bonchev–Trinajstić information content (AvgIpc) is 2.97. The lowest BCUT2D eigenvalue weighted by atomic mass is 10.0. The third-order valence-corrected chi connectivity index (χ3v) is 5.74. The van der Waals surface area contributed by atoms with E-state index in [0.29, 0.717) is 34.5 Å². The summed E-state index contributed by atoms with van der Waals surface area (Å²) in [4.78, 5) is 40.0. The van der Waals surface area contributed by atoms with Crippen LogP contribution in [0.15, 0.2) is 39.5 Å². The summed E-state index contributed by atoms with van der Waals surface area (Å²) in [5, 5.41) is 3.70. The van der Waals surface area contributed by atoms with Crippen LogP contribution in [0, 0.1) is 0 Å². The molecule has 1 aliphatic rings. The predicted octanol–water partition coefficient (Wildman–Crippen LogP) is 2.62. The van der Waals surface area contributed by atoms with Gasteiger partial charge in [-0.25, -0.2) is 4.79 Å². The summed E-state index contributed by atoms with van der Waals surface area (Å²) in [6.07, 6.45) is 0.689. The maximum absolute atomic E-state index is 12.7. The molecule has 2 amide bonds. The van der Waals surface area contributed by atoms with Gasteiger partial charge in [0.05, 0.1) is 5.56 Å². The number of fused-ring (bicyclic) bond motifs is 2. The number of nitrogens with two attached hydrogens (primary N) is 1. The second-order valence-corrected chi connectivity index (χ2v) is 7.60. The number of hydrogen-bond acceptors (Lipinski definition) is 6. The second kappa shape index (κ2) is 7.75. The predicted molar refractivity (Wildman–Crippen MR) is 111 cm³/mol. The number of likely N-dealkylation sites (N-methyl/N-ethyl adjacent to an activating group) is 1. The summed E-state index contributed by atoms with van der Waals surface area (Å²) >= 11 is 1.32. The van der Waals surface area contributed by atoms with E-state index in [1.54, 1.807) is 24.3 Å². The lowest BCUT2D eigenvalue weighted by Gasteiger charge is -2.22. The fraction of sp³-hybridized carbons (Fsp3) is 0.211. The van der Waals surface area contributed by atoms with Gasteiger partial charge in [-0.05, 0) is 31.2 Å². The van der Waals surface area contributed by atoms with Crippen molar-refractivity contribution in [2.75, 3.05) is 18.9 Å². The summed E-state index contributed by atoms with van der Waals surface area (Å²) in [6.45, 7) is 1.50. The molecular formula is C19H18ClN3O4S. The molecule has 4 rings (SSSR count). The highest BCUT2D eigenvalue weighted by Crippen LogP contribution is 2.36. The molecule has 0 fully saturated rings. The highest BCUT2D eigenvalue weighted by atomic mass is 35.5. The monoisotopic (exact) mass is 419 g/mol. The Hall–Kier alpha value is -2.68. The molecule has 9 heteroatoms. The summed E-state index contributed by atoms with van der Waals surface area (Å²) in [7, 11) is 1.99. The van der Waals surface area contributed by atoms with Crippen LogP contribution in [-0.4, -0.2) is 30.3 Å². The molecule has 0 spiro atoms. The minimum atomic E-state index is -0.729. The second-order valence-electron chi connectivity index (χ2n) is 6.50. The van der Waals surface area contributed by atoms with Crippen LogP contribution < -0.4 is 16.7 Å². The lowest BCUT2D eigenvalue weighted by Crippen LogP contribution is -2.27. The summed E-state index contributed by atoms with van der Waals surface area (Å²) in [5.41, 5.74) is 6.34. The van der Waals surface area contributed by atoms with Crippen molar-refractivity contribution < 1.29 is 14.0 Å². The van der Waals surface area contributed by atoms with E-state index in [0.717, 1.165) is 17.0 Å². The number of thiophene rings is 1. The molecule has 0 bridgehead atoms. The molecule has 3 N–H and O–H groups in total. The highest BCUT2D eigenvalue weighted by molar-refractivity contribution is 7.17. The molecule has 3 heterocycles. The van der Waals surface area contributed by atoms with Gasteiger partial charge in [0.25, 0.3) is 11.8 Å². The van der Waals surface area contributed by atoms with Crippen LogP contribution in [0.1, 0.15) is 31.2 Å². The number of para-hydroxylation sites is 1. The number of amides is 2. The molecule has 0 unspecified atom stereocenters. The first kappa shape index (κ1) is 20.1. The van der Waals surface area contributed by atoms with Crippen molar-refractivity contribution in [2.24, 2.45) is 5.73 Å². The zero-order valence-corrected chi connectivity index (χ0v) is 16.6. The molecule has 2 aromatic heterocycles. The molecule has 1 aromatic carbocycles. The topological polar surface area (TPSA) is 106 Å². The quantitative estimate of drug-likeness (QED) is 0.635. The number of nitrogens with one attached hydrogen (secondary N) is 1. The maximum atomic E-state index is 12.7. The van der Waals surface area contributed by atoms with Crippen molar-refractivity contribution in [1.82, 2.24) is 4.90 Å². The van der Waals surface area contributed by atoms with Gasteiger partial charge in [0, 0.05) is 23.4 Å². The van der Waals surface area contributed by atoms with E-state index in [2.05, 4.69) is 10.2 Å². The van der Waals surface area contributed by atoms with Gasteiger partial charge >= 0.3 is 5.63 Å². The van der Waals surface area contributed by atoms with Crippen LogP contribution in [0.5, 0.6) is 0 Å². The smallest absolute Gasteiger partial charge is 0.349 e. The van der Waals surface area contributed by atoms with E-state index in [9.17, 15) is 14.4 Å². The fourth-order valence-electron chi connectivity index (χ4n) is 3.27. The molecule has 0 saturated carbocycles. The first-order valence-electron chi connectivity index (χ1n) is 8.41. The first-order valence-corrected chi connectivity index (χ1v) is 9.23. The van der Waals surface area contributed by atoms with Gasteiger partial charge in [-0.1, -0.05) is 18.2 Å². The number of primary amides is 1. The molecule has 3 aromatic rings. The van der Waals surface area contributed by atoms with Crippen molar-refractivity contribution in [3.8, 4) is 0 Å². The minimum absolute atomic E-state index is 0. The van der Waals surface area contributed by atoms with Crippen LogP contribution in [0.4, 0.5) is 5.00 Å². The summed E-state index contributed by atoms with van der Waals surface area (Å²) in [5.74, 6) is -1.21. The Kier molecular flexibility index (Phi) is 5.55. The summed E-state index contributed by atoms with van der Waals surface area (Å²) < 4.78 is 5.21. The Morgan fingerprint density at radius 1 is 1.29 bits per heavy atom. The van der Waals surface area contributed by atoms with Gasteiger partial charge in [0.1, 0.15) is 16.1 Å². The Balaban J connectivity index is 0.00000225. The minimum Gasteiger partial charge on any atom is -0.422 e. The van der Waals surface area contributed by atoms with E-state index < -0.39 is 17.4 Å². The van der Waals surface area contributed by atoms with Gasteiger partial charge in [-0.2, -0.15) is 0 Å². The Morgan fingerprint density at radius 2 is 2.04 bits per heavy atom. The van der Waals surface area contributed by atoms with Crippen molar-refractivity contribution in [1.29, 1.82) is 0 Å². The SMILES string of the molecule is CN1CCc2c(sc(NC(=O)c3cc4ccccc4oc3=O)c2C(N)=O)C1.Cl. The fourth-order valence-corrected chi connectivity index (χ4v) is 4.60. The Labute approximate surface area is 170 Å². The highest BCUT2D eigenvalue weighted by Gasteiger charge is 2.27. The molecule has 0 saturated heterocycles. The molecule has 0 aliphatic carbocycles. The Bertz CT molecular complexity index is 1140. The van der Waals surface area contributed by atoms with Crippen molar-refractivity contribution in [3.63, 3.8) is 0 Å². The number of rotatable bonds is 3. The number of anilines is 1. The van der Waals surface area contributed by atoms with E-state index in [-0.39, 0.29) is 18.0 Å². The molecule has 28 heavy (non-hydrogen) atoms. The molecule has 0 atom stereocenters. The van der Waals surface area contributed by atoms with Gasteiger partial charge in [-0.3, -0.25) is 9.59 Å². The molecule has 146 valence electrons. The van der Waals surface area contributed by atoms with Gasteiger partial charge < -0.3 is 20.4 Å². The van der Waals surface area contributed by atoms with Crippen molar-refractivity contribution in [3.05, 3.63) is 62.3 Å². The zero-order chi connectivity index (χ0) is 19.1. The normalized spacial score (nSPS) is 13.6. The van der Waals surface area contributed by atoms with E-state index in [4.69, 9.17) is 10.2 Å². The molecule has 0 radical (unpaired) electrons. The maximum Gasteiger partial charge on any atom is 0.349 e. The van der Waals surface area contributed by atoms with E-state index in [1.807, 2.05) is 7.05 Å². The largest absolute Gasteiger partial charge is 0.422 e. The van der Waals surface area contributed by atoms with Crippen molar-refractivity contribution >= 4 is 51.5 Å².